The molecule has 0 fully saturated rings. The molecule has 0 N–H and O–H groups in total. The summed E-state index contributed by atoms with van der Waals surface area (Å²) < 4.78 is 8.64. The summed E-state index contributed by atoms with van der Waals surface area (Å²) in [5.41, 5.74) is 9.73. The van der Waals surface area contributed by atoms with Gasteiger partial charge in [0, 0.05) is 32.7 Å². The Morgan fingerprint density at radius 3 is 1.82 bits per heavy atom. The Labute approximate surface area is 253 Å². The maximum atomic E-state index is 6.46. The normalized spacial score (nSPS) is 11.6. The summed E-state index contributed by atoms with van der Waals surface area (Å²) in [7, 11) is 0. The van der Waals surface area contributed by atoms with Crippen molar-refractivity contribution in [3.63, 3.8) is 0 Å². The molecule has 3 aromatic heterocycles. The van der Waals surface area contributed by atoms with Gasteiger partial charge in [0.1, 0.15) is 11.2 Å². The number of hydrogen-bond acceptors (Lipinski definition) is 3. The van der Waals surface area contributed by atoms with E-state index in [9.17, 15) is 0 Å². The molecule has 0 amide bonds. The lowest BCUT2D eigenvalue weighted by atomic mass is 10.0. The molecule has 9 rings (SSSR count). The molecule has 206 valence electrons. The maximum absolute atomic E-state index is 6.46. The first-order valence-electron chi connectivity index (χ1n) is 14.8. The number of furan rings is 1. The van der Waals surface area contributed by atoms with Crippen LogP contribution in [0, 0.1) is 0 Å². The summed E-state index contributed by atoms with van der Waals surface area (Å²) in [6.07, 6.45) is 0. The van der Waals surface area contributed by atoms with Gasteiger partial charge in [-0.1, -0.05) is 115 Å². The number of benzene rings is 6. The highest BCUT2D eigenvalue weighted by Crippen LogP contribution is 2.38. The smallest absolute Gasteiger partial charge is 0.235 e. The summed E-state index contributed by atoms with van der Waals surface area (Å²) in [5.74, 6) is 0.619. The minimum Gasteiger partial charge on any atom is -0.455 e. The summed E-state index contributed by atoms with van der Waals surface area (Å²) in [6, 6.07) is 52.5. The molecular formula is C40H25N3O. The van der Waals surface area contributed by atoms with Crippen molar-refractivity contribution in [2.24, 2.45) is 0 Å². The molecule has 0 atom stereocenters. The van der Waals surface area contributed by atoms with Crippen LogP contribution in [0.1, 0.15) is 0 Å². The Kier molecular flexibility index (Phi) is 5.47. The number of hydrogen-bond donors (Lipinski definition) is 0. The van der Waals surface area contributed by atoms with Gasteiger partial charge >= 0.3 is 0 Å². The van der Waals surface area contributed by atoms with Gasteiger partial charge in [0.05, 0.1) is 22.4 Å². The second kappa shape index (κ2) is 9.79. The van der Waals surface area contributed by atoms with Crippen LogP contribution in [0.4, 0.5) is 0 Å². The number of rotatable bonds is 4. The zero-order valence-corrected chi connectivity index (χ0v) is 23.7. The zero-order valence-electron chi connectivity index (χ0n) is 23.7. The van der Waals surface area contributed by atoms with Crippen molar-refractivity contribution in [3.05, 3.63) is 152 Å². The Morgan fingerprint density at radius 1 is 0.432 bits per heavy atom. The van der Waals surface area contributed by atoms with Crippen molar-refractivity contribution in [2.75, 3.05) is 0 Å². The predicted octanol–water partition coefficient (Wildman–Crippen LogP) is 10.5. The van der Waals surface area contributed by atoms with Crippen molar-refractivity contribution in [2.45, 2.75) is 0 Å². The van der Waals surface area contributed by atoms with Crippen molar-refractivity contribution in [1.29, 1.82) is 0 Å². The fourth-order valence-corrected chi connectivity index (χ4v) is 6.40. The van der Waals surface area contributed by atoms with E-state index in [4.69, 9.17) is 14.4 Å². The van der Waals surface area contributed by atoms with E-state index in [1.165, 1.54) is 16.3 Å². The van der Waals surface area contributed by atoms with E-state index < -0.39 is 0 Å². The first-order valence-corrected chi connectivity index (χ1v) is 14.8. The summed E-state index contributed by atoms with van der Waals surface area (Å²) in [4.78, 5) is 10.5. The van der Waals surface area contributed by atoms with Crippen molar-refractivity contribution < 1.29 is 4.42 Å². The van der Waals surface area contributed by atoms with Crippen LogP contribution in [0.15, 0.2) is 156 Å². The van der Waals surface area contributed by atoms with Crippen LogP contribution in [0.25, 0.3) is 83.3 Å². The maximum Gasteiger partial charge on any atom is 0.235 e. The standard InChI is InChI=1S/C40H25N3O/c1-2-12-26(13-3-1)27-14-10-15-28(24-27)34-25-35(33-20-11-19-32-31-18-6-9-23-38(31)44-39(32)33)42-40(41-34)43-36-21-7-4-16-29(36)30-17-5-8-22-37(30)43/h1-25H. The Morgan fingerprint density at radius 2 is 1.02 bits per heavy atom. The number of fused-ring (bicyclic) bond motifs is 6. The van der Waals surface area contributed by atoms with Crippen LogP contribution in [0.3, 0.4) is 0 Å². The molecule has 0 unspecified atom stereocenters. The van der Waals surface area contributed by atoms with Gasteiger partial charge in [-0.05, 0) is 47.5 Å². The van der Waals surface area contributed by atoms with Gasteiger partial charge in [0.15, 0.2) is 0 Å². The molecule has 4 heteroatoms. The predicted molar refractivity (Wildman–Crippen MR) is 180 cm³/mol. The molecule has 0 saturated heterocycles. The van der Waals surface area contributed by atoms with Crippen LogP contribution in [-0.2, 0) is 0 Å². The zero-order chi connectivity index (χ0) is 29.0. The average Bonchev–Trinajstić information content (AvgIpc) is 3.65. The second-order valence-electron chi connectivity index (χ2n) is 11.0. The van der Waals surface area contributed by atoms with Gasteiger partial charge in [-0.3, -0.25) is 4.57 Å². The molecule has 0 radical (unpaired) electrons. The van der Waals surface area contributed by atoms with Crippen molar-refractivity contribution >= 4 is 43.7 Å². The van der Waals surface area contributed by atoms with Crippen molar-refractivity contribution in [1.82, 2.24) is 14.5 Å². The van der Waals surface area contributed by atoms with Gasteiger partial charge < -0.3 is 4.42 Å². The Balaban J connectivity index is 1.34. The lowest BCUT2D eigenvalue weighted by Crippen LogP contribution is -2.04. The monoisotopic (exact) mass is 563 g/mol. The lowest BCUT2D eigenvalue weighted by molar-refractivity contribution is 0.670. The van der Waals surface area contributed by atoms with Gasteiger partial charge in [0.25, 0.3) is 0 Å². The van der Waals surface area contributed by atoms with Crippen molar-refractivity contribution in [3.8, 4) is 39.6 Å². The van der Waals surface area contributed by atoms with Gasteiger partial charge in [-0.25, -0.2) is 9.97 Å². The molecule has 3 heterocycles. The van der Waals surface area contributed by atoms with Gasteiger partial charge in [-0.15, -0.1) is 0 Å². The Hall–Kier alpha value is -6.00. The molecule has 0 aliphatic rings. The van der Waals surface area contributed by atoms with E-state index >= 15 is 0 Å². The molecular weight excluding hydrogens is 538 g/mol. The number of para-hydroxylation sites is 4. The minimum absolute atomic E-state index is 0.619. The van der Waals surface area contributed by atoms with Crippen LogP contribution in [-0.4, -0.2) is 14.5 Å². The molecule has 4 nitrogen and oxygen atoms in total. The minimum atomic E-state index is 0.619. The van der Waals surface area contributed by atoms with E-state index in [0.717, 1.165) is 61.1 Å². The molecule has 6 aromatic carbocycles. The molecule has 9 aromatic rings. The van der Waals surface area contributed by atoms with E-state index in [1.54, 1.807) is 0 Å². The second-order valence-corrected chi connectivity index (χ2v) is 11.0. The van der Waals surface area contributed by atoms with E-state index in [1.807, 2.05) is 24.3 Å². The fourth-order valence-electron chi connectivity index (χ4n) is 6.40. The average molecular weight is 564 g/mol. The molecule has 0 bridgehead atoms. The van der Waals surface area contributed by atoms with Crippen LogP contribution < -0.4 is 0 Å². The molecule has 0 aliphatic carbocycles. The highest BCUT2D eigenvalue weighted by Gasteiger charge is 2.19. The third kappa shape index (κ3) is 3.85. The number of aromatic nitrogens is 3. The quantitative estimate of drug-likeness (QED) is 0.214. The summed E-state index contributed by atoms with van der Waals surface area (Å²) in [5, 5.41) is 4.51. The van der Waals surface area contributed by atoms with Crippen LogP contribution >= 0.6 is 0 Å². The summed E-state index contributed by atoms with van der Waals surface area (Å²) >= 11 is 0. The molecule has 0 spiro atoms. The fraction of sp³-hybridized carbons (Fsp3) is 0. The lowest BCUT2D eigenvalue weighted by Gasteiger charge is -2.12. The van der Waals surface area contributed by atoms with Gasteiger partial charge in [0.2, 0.25) is 5.95 Å². The molecule has 44 heavy (non-hydrogen) atoms. The first-order chi connectivity index (χ1) is 21.8. The van der Waals surface area contributed by atoms with E-state index in [0.29, 0.717) is 5.95 Å². The SMILES string of the molecule is c1ccc(-c2cccc(-c3cc(-c4cccc5c4oc4ccccc45)nc(-n4c5ccccc5c5ccccc54)n3)c2)cc1. The molecule has 0 saturated carbocycles. The van der Waals surface area contributed by atoms with E-state index in [-0.39, 0.29) is 0 Å². The van der Waals surface area contributed by atoms with Crippen LogP contribution in [0.2, 0.25) is 0 Å². The topological polar surface area (TPSA) is 43.9 Å². The first kappa shape index (κ1) is 24.6. The highest BCUT2D eigenvalue weighted by molar-refractivity contribution is 6.10. The highest BCUT2D eigenvalue weighted by atomic mass is 16.3. The third-order valence-corrected chi connectivity index (χ3v) is 8.44. The van der Waals surface area contributed by atoms with Crippen LogP contribution in [0.5, 0.6) is 0 Å². The number of nitrogens with zero attached hydrogens (tertiary/aromatic N) is 3. The molecule has 0 aliphatic heterocycles. The third-order valence-electron chi connectivity index (χ3n) is 8.44. The Bertz CT molecular complexity index is 2450. The summed E-state index contributed by atoms with van der Waals surface area (Å²) in [6.45, 7) is 0. The van der Waals surface area contributed by atoms with Gasteiger partial charge in [-0.2, -0.15) is 0 Å². The largest absolute Gasteiger partial charge is 0.455 e. The van der Waals surface area contributed by atoms with E-state index in [2.05, 4.69) is 132 Å².